The zero-order valence-corrected chi connectivity index (χ0v) is 12.5. The van der Waals surface area contributed by atoms with Gasteiger partial charge < -0.3 is 10.2 Å². The normalized spacial score (nSPS) is 10.9. The average molecular weight is 293 g/mol. The lowest BCUT2D eigenvalue weighted by Crippen LogP contribution is -2.21. The SMILES string of the molecule is CN(C)CCCNc1nnc(Cc2cccs2)c(=O)[nH]1. The third kappa shape index (κ3) is 4.43. The van der Waals surface area contributed by atoms with Crippen molar-refractivity contribution in [2.75, 3.05) is 32.5 Å². The summed E-state index contributed by atoms with van der Waals surface area (Å²) in [6.45, 7) is 1.74. The molecular weight excluding hydrogens is 274 g/mol. The molecule has 20 heavy (non-hydrogen) atoms. The molecule has 2 aromatic rings. The number of hydrogen-bond donors (Lipinski definition) is 2. The van der Waals surface area contributed by atoms with Crippen molar-refractivity contribution in [3.63, 3.8) is 0 Å². The highest BCUT2D eigenvalue weighted by molar-refractivity contribution is 7.09. The van der Waals surface area contributed by atoms with Crippen LogP contribution in [0.4, 0.5) is 5.95 Å². The van der Waals surface area contributed by atoms with E-state index in [0.717, 1.165) is 24.4 Å². The van der Waals surface area contributed by atoms with Crippen LogP contribution in [0.2, 0.25) is 0 Å². The van der Waals surface area contributed by atoms with Crippen LogP contribution < -0.4 is 10.9 Å². The van der Waals surface area contributed by atoms with Gasteiger partial charge in [-0.25, -0.2) is 0 Å². The van der Waals surface area contributed by atoms with Gasteiger partial charge in [-0.1, -0.05) is 6.07 Å². The summed E-state index contributed by atoms with van der Waals surface area (Å²) in [5.74, 6) is 0.434. The van der Waals surface area contributed by atoms with E-state index in [0.29, 0.717) is 18.1 Å². The van der Waals surface area contributed by atoms with E-state index in [1.165, 1.54) is 0 Å². The zero-order chi connectivity index (χ0) is 14.4. The molecule has 0 aliphatic carbocycles. The van der Waals surface area contributed by atoms with Gasteiger partial charge in [-0.05, 0) is 38.5 Å². The Kier molecular flexibility index (Phi) is 5.25. The van der Waals surface area contributed by atoms with Crippen LogP contribution in [-0.2, 0) is 6.42 Å². The minimum Gasteiger partial charge on any atom is -0.354 e. The van der Waals surface area contributed by atoms with Gasteiger partial charge in [-0.2, -0.15) is 0 Å². The summed E-state index contributed by atoms with van der Waals surface area (Å²) in [5, 5.41) is 13.1. The van der Waals surface area contributed by atoms with Crippen molar-refractivity contribution in [1.82, 2.24) is 20.1 Å². The van der Waals surface area contributed by atoms with Gasteiger partial charge in [0, 0.05) is 17.8 Å². The molecule has 0 fully saturated rings. The van der Waals surface area contributed by atoms with E-state index in [9.17, 15) is 4.79 Å². The third-order valence-corrected chi connectivity index (χ3v) is 3.64. The minimum atomic E-state index is -0.177. The maximum atomic E-state index is 11.9. The van der Waals surface area contributed by atoms with E-state index in [2.05, 4.69) is 25.4 Å². The molecule has 2 N–H and O–H groups in total. The van der Waals surface area contributed by atoms with Crippen molar-refractivity contribution in [3.8, 4) is 0 Å². The van der Waals surface area contributed by atoms with Crippen LogP contribution in [0.25, 0.3) is 0 Å². The number of thiophene rings is 1. The van der Waals surface area contributed by atoms with E-state index >= 15 is 0 Å². The molecule has 0 amide bonds. The lowest BCUT2D eigenvalue weighted by Gasteiger charge is -2.09. The smallest absolute Gasteiger partial charge is 0.274 e. The highest BCUT2D eigenvalue weighted by atomic mass is 32.1. The molecule has 0 radical (unpaired) electrons. The second-order valence-electron chi connectivity index (χ2n) is 4.79. The van der Waals surface area contributed by atoms with Gasteiger partial charge in [-0.15, -0.1) is 21.5 Å². The van der Waals surface area contributed by atoms with E-state index in [1.807, 2.05) is 31.6 Å². The molecule has 108 valence electrons. The molecule has 0 saturated carbocycles. The Morgan fingerprint density at radius 2 is 2.25 bits per heavy atom. The predicted molar refractivity (Wildman–Crippen MR) is 81.4 cm³/mol. The molecule has 2 aromatic heterocycles. The van der Waals surface area contributed by atoms with Crippen LogP contribution in [0.15, 0.2) is 22.3 Å². The first-order valence-corrected chi connectivity index (χ1v) is 7.40. The largest absolute Gasteiger partial charge is 0.354 e. The number of aromatic nitrogens is 3. The average Bonchev–Trinajstić information content (AvgIpc) is 2.90. The molecule has 0 atom stereocenters. The van der Waals surface area contributed by atoms with Crippen molar-refractivity contribution in [2.45, 2.75) is 12.8 Å². The Morgan fingerprint density at radius 1 is 1.40 bits per heavy atom. The first kappa shape index (κ1) is 14.7. The molecule has 0 aromatic carbocycles. The van der Waals surface area contributed by atoms with E-state index in [1.54, 1.807) is 11.3 Å². The Morgan fingerprint density at radius 3 is 2.90 bits per heavy atom. The first-order valence-electron chi connectivity index (χ1n) is 6.52. The Hall–Kier alpha value is -1.73. The molecule has 0 saturated heterocycles. The molecule has 2 rings (SSSR count). The lowest BCUT2D eigenvalue weighted by atomic mass is 10.3. The molecule has 0 aliphatic heterocycles. The summed E-state index contributed by atoms with van der Waals surface area (Å²) >= 11 is 1.61. The Labute approximate surface area is 121 Å². The molecule has 6 nitrogen and oxygen atoms in total. The topological polar surface area (TPSA) is 73.9 Å². The number of rotatable bonds is 7. The summed E-state index contributed by atoms with van der Waals surface area (Å²) in [6.07, 6.45) is 1.51. The van der Waals surface area contributed by atoms with E-state index in [-0.39, 0.29) is 5.56 Å². The standard InChI is InChI=1S/C13H19N5OS/c1-18(2)7-4-6-14-13-15-12(19)11(16-17-13)9-10-5-3-8-20-10/h3,5,8H,4,6-7,9H2,1-2H3,(H2,14,15,17,19). The summed E-state index contributed by atoms with van der Waals surface area (Å²) in [4.78, 5) is 17.9. The highest BCUT2D eigenvalue weighted by Gasteiger charge is 2.06. The summed E-state index contributed by atoms with van der Waals surface area (Å²) < 4.78 is 0. The van der Waals surface area contributed by atoms with Crippen LogP contribution in [0, 0.1) is 0 Å². The number of aromatic amines is 1. The van der Waals surface area contributed by atoms with Crippen LogP contribution in [0.3, 0.4) is 0 Å². The van der Waals surface area contributed by atoms with Crippen LogP contribution >= 0.6 is 11.3 Å². The lowest BCUT2D eigenvalue weighted by molar-refractivity contribution is 0.405. The molecule has 0 spiro atoms. The molecule has 0 unspecified atom stereocenters. The fourth-order valence-electron chi connectivity index (χ4n) is 1.74. The molecule has 0 bridgehead atoms. The number of H-pyrrole nitrogens is 1. The second kappa shape index (κ2) is 7.16. The van der Waals surface area contributed by atoms with Gasteiger partial charge in [0.2, 0.25) is 5.95 Å². The Balaban J connectivity index is 1.90. The quantitative estimate of drug-likeness (QED) is 0.750. The van der Waals surface area contributed by atoms with Crippen molar-refractivity contribution >= 4 is 17.3 Å². The molecule has 2 heterocycles. The van der Waals surface area contributed by atoms with Gasteiger partial charge in [-0.3, -0.25) is 9.78 Å². The van der Waals surface area contributed by atoms with Crippen molar-refractivity contribution in [2.24, 2.45) is 0 Å². The van der Waals surface area contributed by atoms with Gasteiger partial charge in [0.05, 0.1) is 0 Å². The highest BCUT2D eigenvalue weighted by Crippen LogP contribution is 2.11. The molecule has 7 heteroatoms. The monoisotopic (exact) mass is 293 g/mol. The summed E-state index contributed by atoms with van der Waals surface area (Å²) in [5.41, 5.74) is 0.273. The van der Waals surface area contributed by atoms with Crippen molar-refractivity contribution in [3.05, 3.63) is 38.4 Å². The van der Waals surface area contributed by atoms with Crippen LogP contribution in [0.1, 0.15) is 17.0 Å². The predicted octanol–water partition coefficient (Wildman–Crippen LogP) is 1.18. The zero-order valence-electron chi connectivity index (χ0n) is 11.7. The fourth-order valence-corrected chi connectivity index (χ4v) is 2.45. The number of nitrogens with one attached hydrogen (secondary N) is 2. The first-order chi connectivity index (χ1) is 9.65. The van der Waals surface area contributed by atoms with Gasteiger partial charge in [0.15, 0.2) is 0 Å². The van der Waals surface area contributed by atoms with Crippen molar-refractivity contribution in [1.29, 1.82) is 0 Å². The Bertz CT molecular complexity index is 579. The minimum absolute atomic E-state index is 0.177. The van der Waals surface area contributed by atoms with Crippen molar-refractivity contribution < 1.29 is 0 Å². The maximum absolute atomic E-state index is 11.9. The number of nitrogens with zero attached hydrogens (tertiary/aromatic N) is 3. The van der Waals surface area contributed by atoms with Gasteiger partial charge in [0.1, 0.15) is 5.69 Å². The fraction of sp³-hybridized carbons (Fsp3) is 0.462. The maximum Gasteiger partial charge on any atom is 0.274 e. The van der Waals surface area contributed by atoms with Crippen LogP contribution in [-0.4, -0.2) is 47.3 Å². The summed E-state index contributed by atoms with van der Waals surface area (Å²) in [7, 11) is 4.06. The molecular formula is C13H19N5OS. The van der Waals surface area contributed by atoms with E-state index < -0.39 is 0 Å². The second-order valence-corrected chi connectivity index (χ2v) is 5.82. The number of anilines is 1. The van der Waals surface area contributed by atoms with E-state index in [4.69, 9.17) is 0 Å². The van der Waals surface area contributed by atoms with Gasteiger partial charge in [0.25, 0.3) is 5.56 Å². The molecule has 0 aliphatic rings. The third-order valence-electron chi connectivity index (χ3n) is 2.76. The van der Waals surface area contributed by atoms with Crippen LogP contribution in [0.5, 0.6) is 0 Å². The van der Waals surface area contributed by atoms with Gasteiger partial charge >= 0.3 is 0 Å². The number of hydrogen-bond acceptors (Lipinski definition) is 6. The summed E-state index contributed by atoms with van der Waals surface area (Å²) in [6, 6.07) is 3.95.